The van der Waals surface area contributed by atoms with E-state index in [1.54, 1.807) is 0 Å². The van der Waals surface area contributed by atoms with Gasteiger partial charge >= 0.3 is 7.80 Å². The molecule has 0 radical (unpaired) electrons. The Balaban J connectivity index is 1.05. The highest BCUT2D eigenvalue weighted by Crippen LogP contribution is 2.32. The molecule has 1 unspecified atom stereocenters. The molecule has 7 aromatic carbocycles. The molecule has 0 aliphatic carbocycles. The van der Waals surface area contributed by atoms with Crippen LogP contribution in [0.15, 0.2) is 176 Å². The molecule has 0 bridgehead atoms. The second-order valence-electron chi connectivity index (χ2n) is 13.2. The molecule has 0 aliphatic rings. The zero-order valence-corrected chi connectivity index (χ0v) is 30.0. The number of rotatable bonds is 9. The van der Waals surface area contributed by atoms with Crippen molar-refractivity contribution in [2.24, 2.45) is 0 Å². The predicted molar refractivity (Wildman–Crippen MR) is 229 cm³/mol. The third-order valence-electron chi connectivity index (χ3n) is 9.91. The van der Waals surface area contributed by atoms with Crippen LogP contribution in [0.4, 0.5) is 0 Å². The molecule has 1 atom stereocenters. The van der Waals surface area contributed by atoms with Crippen molar-refractivity contribution in [3.05, 3.63) is 193 Å². The van der Waals surface area contributed by atoms with Crippen LogP contribution >= 0.6 is 7.80 Å². The first-order valence-electron chi connectivity index (χ1n) is 17.9. The van der Waals surface area contributed by atoms with Crippen LogP contribution in [0.1, 0.15) is 16.7 Å². The zero-order valence-electron chi connectivity index (χ0n) is 29.1. The SMILES string of the molecule is O=[P+](C/C=C/c1cc(/C=C/n2c3ccccc3c3ccccc32)cc(-c2ccc(/C=C/n3c4ccccc4c4ccccc43)cc2)c1)c1ccccc1. The van der Waals surface area contributed by atoms with Crippen molar-refractivity contribution in [2.45, 2.75) is 0 Å². The van der Waals surface area contributed by atoms with E-state index >= 15 is 0 Å². The summed E-state index contributed by atoms with van der Waals surface area (Å²) in [5.74, 6) is 0. The molecule has 0 spiro atoms. The maximum absolute atomic E-state index is 13.0. The van der Waals surface area contributed by atoms with E-state index in [4.69, 9.17) is 0 Å². The van der Waals surface area contributed by atoms with Crippen LogP contribution in [-0.4, -0.2) is 15.3 Å². The predicted octanol–water partition coefficient (Wildman–Crippen LogP) is 13.0. The topological polar surface area (TPSA) is 26.9 Å². The Morgan fingerprint density at radius 1 is 0.415 bits per heavy atom. The lowest BCUT2D eigenvalue weighted by Crippen LogP contribution is -1.95. The number of allylic oxidation sites excluding steroid dienone is 1. The van der Waals surface area contributed by atoms with E-state index < -0.39 is 7.80 Å². The zero-order chi connectivity index (χ0) is 35.6. The Kier molecular flexibility index (Phi) is 8.69. The molecule has 4 heteroatoms. The Bertz CT molecular complexity index is 2770. The molecular weight excluding hydrogens is 664 g/mol. The van der Waals surface area contributed by atoms with Gasteiger partial charge in [0.2, 0.25) is 0 Å². The summed E-state index contributed by atoms with van der Waals surface area (Å²) in [6.07, 6.45) is 13.3. The van der Waals surface area contributed by atoms with Gasteiger partial charge in [0.1, 0.15) is 0 Å². The Labute approximate surface area is 309 Å². The van der Waals surface area contributed by atoms with Crippen LogP contribution in [-0.2, 0) is 4.57 Å². The summed E-state index contributed by atoms with van der Waals surface area (Å²) >= 11 is 0. The van der Waals surface area contributed by atoms with Gasteiger partial charge in [0, 0.05) is 33.9 Å². The average Bonchev–Trinajstić information content (AvgIpc) is 3.72. The van der Waals surface area contributed by atoms with Gasteiger partial charge < -0.3 is 9.13 Å². The molecular formula is C49H36N2OP+. The Morgan fingerprint density at radius 2 is 0.849 bits per heavy atom. The Hall–Kier alpha value is -6.54. The number of fused-ring (bicyclic) bond motifs is 6. The number of para-hydroxylation sites is 4. The molecule has 2 aromatic heterocycles. The van der Waals surface area contributed by atoms with E-state index in [0.717, 1.165) is 33.1 Å². The van der Waals surface area contributed by atoms with Gasteiger partial charge in [0.15, 0.2) is 11.5 Å². The fraction of sp³-hybridized carbons (Fsp3) is 0.0204. The average molecular weight is 700 g/mol. The van der Waals surface area contributed by atoms with Gasteiger partial charge in [-0.25, -0.2) is 0 Å². The van der Waals surface area contributed by atoms with Crippen LogP contribution in [0.5, 0.6) is 0 Å². The molecule has 3 nitrogen and oxygen atoms in total. The van der Waals surface area contributed by atoms with E-state index in [1.165, 1.54) is 43.6 Å². The van der Waals surface area contributed by atoms with E-state index in [2.05, 4.69) is 179 Å². The van der Waals surface area contributed by atoms with Gasteiger partial charge in [-0.1, -0.05) is 126 Å². The molecule has 9 rings (SSSR count). The molecule has 0 N–H and O–H groups in total. The normalized spacial score (nSPS) is 12.4. The second kappa shape index (κ2) is 14.2. The third-order valence-corrected chi connectivity index (χ3v) is 11.3. The molecule has 53 heavy (non-hydrogen) atoms. The van der Waals surface area contributed by atoms with Crippen LogP contribution in [0.2, 0.25) is 0 Å². The van der Waals surface area contributed by atoms with Crippen LogP contribution in [0.25, 0.3) is 85.4 Å². The van der Waals surface area contributed by atoms with E-state index in [1.807, 2.05) is 36.4 Å². The Morgan fingerprint density at radius 3 is 1.36 bits per heavy atom. The summed E-state index contributed by atoms with van der Waals surface area (Å²) in [6, 6.07) is 59.4. The smallest absolute Gasteiger partial charge is 0.316 e. The molecule has 0 amide bonds. The maximum atomic E-state index is 13.0. The van der Waals surface area contributed by atoms with Gasteiger partial charge in [0.05, 0.1) is 22.1 Å². The largest absolute Gasteiger partial charge is 0.380 e. The third kappa shape index (κ3) is 6.44. The number of nitrogens with zero attached hydrogens (tertiary/aromatic N) is 2. The van der Waals surface area contributed by atoms with Crippen LogP contribution in [0.3, 0.4) is 0 Å². The number of hydrogen-bond acceptors (Lipinski definition) is 1. The molecule has 0 aliphatic heterocycles. The van der Waals surface area contributed by atoms with E-state index in [0.29, 0.717) is 6.16 Å². The maximum Gasteiger partial charge on any atom is 0.380 e. The first kappa shape index (κ1) is 32.4. The lowest BCUT2D eigenvalue weighted by atomic mass is 9.98. The van der Waals surface area contributed by atoms with Crippen molar-refractivity contribution in [3.8, 4) is 11.1 Å². The van der Waals surface area contributed by atoms with Crippen LogP contribution < -0.4 is 5.30 Å². The van der Waals surface area contributed by atoms with Crippen molar-refractivity contribution >= 4 is 87.3 Å². The van der Waals surface area contributed by atoms with Gasteiger partial charge in [-0.05, 0) is 101 Å². The summed E-state index contributed by atoms with van der Waals surface area (Å²) in [5, 5.41) is 5.87. The van der Waals surface area contributed by atoms with E-state index in [-0.39, 0.29) is 0 Å². The van der Waals surface area contributed by atoms with Crippen molar-refractivity contribution in [1.29, 1.82) is 0 Å². The minimum atomic E-state index is -1.50. The summed E-state index contributed by atoms with van der Waals surface area (Å²) in [4.78, 5) is 0. The number of benzene rings is 7. The molecule has 0 fully saturated rings. The highest BCUT2D eigenvalue weighted by Gasteiger charge is 2.16. The summed E-state index contributed by atoms with van der Waals surface area (Å²) < 4.78 is 17.6. The van der Waals surface area contributed by atoms with Gasteiger partial charge in [-0.2, -0.15) is 0 Å². The molecule has 0 saturated heterocycles. The minimum Gasteiger partial charge on any atom is -0.316 e. The van der Waals surface area contributed by atoms with Gasteiger partial charge in [-0.3, -0.25) is 0 Å². The lowest BCUT2D eigenvalue weighted by molar-refractivity contribution is 0.594. The van der Waals surface area contributed by atoms with Crippen LogP contribution in [0, 0.1) is 0 Å². The van der Waals surface area contributed by atoms with Crippen molar-refractivity contribution in [3.63, 3.8) is 0 Å². The first-order chi connectivity index (χ1) is 26.2. The van der Waals surface area contributed by atoms with Gasteiger partial charge in [0.25, 0.3) is 0 Å². The lowest BCUT2D eigenvalue weighted by Gasteiger charge is -2.08. The summed E-state index contributed by atoms with van der Waals surface area (Å²) in [5.41, 5.74) is 10.3. The first-order valence-corrected chi connectivity index (χ1v) is 19.4. The molecule has 9 aromatic rings. The molecule has 252 valence electrons. The summed E-state index contributed by atoms with van der Waals surface area (Å²) in [6.45, 7) is 0. The fourth-order valence-corrected chi connectivity index (χ4v) is 8.37. The minimum absolute atomic E-state index is 0.489. The molecule has 2 heterocycles. The highest BCUT2D eigenvalue weighted by molar-refractivity contribution is 7.53. The quantitative estimate of drug-likeness (QED) is 0.138. The van der Waals surface area contributed by atoms with Crippen molar-refractivity contribution < 1.29 is 4.57 Å². The van der Waals surface area contributed by atoms with E-state index in [9.17, 15) is 4.57 Å². The number of hydrogen-bond donors (Lipinski definition) is 0. The second-order valence-corrected chi connectivity index (χ2v) is 14.9. The van der Waals surface area contributed by atoms with Gasteiger partial charge in [-0.15, -0.1) is 0 Å². The number of aromatic nitrogens is 2. The molecule has 0 saturated carbocycles. The summed E-state index contributed by atoms with van der Waals surface area (Å²) in [7, 11) is -1.50. The highest BCUT2D eigenvalue weighted by atomic mass is 31.1. The van der Waals surface area contributed by atoms with Crippen molar-refractivity contribution in [2.75, 3.05) is 6.16 Å². The van der Waals surface area contributed by atoms with Crippen molar-refractivity contribution in [1.82, 2.24) is 9.13 Å². The standard InChI is InChI=1S/C49H36N2OP/c52-53(41-14-2-1-3-15-41)32-12-13-37-33-38(29-31-51-48-22-10-6-18-44(48)45-19-7-11-23-49(45)51)35-40(34-37)39-26-24-36(25-27-39)28-30-50-46-20-8-4-16-42(46)43-17-5-9-21-47(43)50/h1-31,33-35H,32H2/q+1/b13-12+,30-28+,31-29+. The monoisotopic (exact) mass is 699 g/mol. The fourth-order valence-electron chi connectivity index (χ4n) is 7.35.